The summed E-state index contributed by atoms with van der Waals surface area (Å²) in [5, 5.41) is 4.92. The Hall–Kier alpha value is -1.59. The van der Waals surface area contributed by atoms with Gasteiger partial charge in [0.1, 0.15) is 0 Å². The molecule has 2 aromatic rings. The first kappa shape index (κ1) is 14.0. The third kappa shape index (κ3) is 2.96. The summed E-state index contributed by atoms with van der Waals surface area (Å²) in [7, 11) is 0. The van der Waals surface area contributed by atoms with Crippen LogP contribution in [0, 0.1) is 0 Å². The van der Waals surface area contributed by atoms with Crippen LogP contribution in [0.25, 0.3) is 0 Å². The number of halogens is 1. The summed E-state index contributed by atoms with van der Waals surface area (Å²) in [6.45, 7) is 4.68. The molecule has 1 saturated carbocycles. The summed E-state index contributed by atoms with van der Waals surface area (Å²) in [5.41, 5.74) is 1.12. The van der Waals surface area contributed by atoms with E-state index in [0.717, 1.165) is 55.1 Å². The van der Waals surface area contributed by atoms with Crippen LogP contribution in [0.4, 0.5) is 5.69 Å². The van der Waals surface area contributed by atoms with Gasteiger partial charge in [0, 0.05) is 32.1 Å². The monoisotopic (exact) mass is 318 g/mol. The van der Waals surface area contributed by atoms with E-state index in [9.17, 15) is 0 Å². The second-order valence-corrected chi connectivity index (χ2v) is 6.44. The van der Waals surface area contributed by atoms with E-state index >= 15 is 0 Å². The number of hydrogen-bond donors (Lipinski definition) is 0. The van der Waals surface area contributed by atoms with Crippen molar-refractivity contribution in [3.05, 3.63) is 41.0 Å². The van der Waals surface area contributed by atoms with Crippen molar-refractivity contribution in [2.45, 2.75) is 25.3 Å². The van der Waals surface area contributed by atoms with Crippen LogP contribution in [0.5, 0.6) is 0 Å². The van der Waals surface area contributed by atoms with Crippen LogP contribution in [-0.2, 0) is 6.54 Å². The topological polar surface area (TPSA) is 45.4 Å². The molecule has 0 radical (unpaired) electrons. The van der Waals surface area contributed by atoms with Gasteiger partial charge >= 0.3 is 0 Å². The van der Waals surface area contributed by atoms with E-state index in [0.29, 0.717) is 5.92 Å². The smallest absolute Gasteiger partial charge is 0.229 e. The van der Waals surface area contributed by atoms with Gasteiger partial charge in [-0.1, -0.05) is 28.9 Å². The summed E-state index contributed by atoms with van der Waals surface area (Å²) in [5.74, 6) is 2.16. The molecule has 0 spiro atoms. The van der Waals surface area contributed by atoms with Crippen LogP contribution in [0.1, 0.15) is 30.5 Å². The fourth-order valence-corrected chi connectivity index (χ4v) is 3.14. The van der Waals surface area contributed by atoms with E-state index in [-0.39, 0.29) is 0 Å². The molecule has 2 aliphatic rings. The van der Waals surface area contributed by atoms with Gasteiger partial charge in [-0.3, -0.25) is 4.90 Å². The second-order valence-electron chi connectivity index (χ2n) is 6.04. The normalized spacial score (nSPS) is 19.6. The highest BCUT2D eigenvalue weighted by molar-refractivity contribution is 6.33. The zero-order valence-corrected chi connectivity index (χ0v) is 13.2. The van der Waals surface area contributed by atoms with Gasteiger partial charge in [-0.2, -0.15) is 4.98 Å². The Morgan fingerprint density at radius 3 is 2.64 bits per heavy atom. The first-order chi connectivity index (χ1) is 10.8. The maximum absolute atomic E-state index is 6.27. The Morgan fingerprint density at radius 1 is 1.14 bits per heavy atom. The van der Waals surface area contributed by atoms with Crippen LogP contribution in [-0.4, -0.2) is 41.2 Å². The van der Waals surface area contributed by atoms with Crippen molar-refractivity contribution >= 4 is 17.3 Å². The average Bonchev–Trinajstić information content (AvgIpc) is 3.29. The molecule has 1 aromatic heterocycles. The number of aromatic nitrogens is 2. The highest BCUT2D eigenvalue weighted by atomic mass is 35.5. The van der Waals surface area contributed by atoms with Gasteiger partial charge in [-0.05, 0) is 25.0 Å². The molecular formula is C16H19ClN4O. The Balaban J connectivity index is 1.34. The zero-order chi connectivity index (χ0) is 14.9. The summed E-state index contributed by atoms with van der Waals surface area (Å²) in [4.78, 5) is 9.21. The van der Waals surface area contributed by atoms with Crippen molar-refractivity contribution in [1.29, 1.82) is 0 Å². The lowest BCUT2D eigenvalue weighted by atomic mass is 10.2. The zero-order valence-electron chi connectivity index (χ0n) is 12.4. The van der Waals surface area contributed by atoms with E-state index in [2.05, 4.69) is 26.0 Å². The Kier molecular flexibility index (Phi) is 3.76. The highest BCUT2D eigenvalue weighted by Crippen LogP contribution is 2.38. The summed E-state index contributed by atoms with van der Waals surface area (Å²) < 4.78 is 5.32. The average molecular weight is 319 g/mol. The largest absolute Gasteiger partial charge is 0.368 e. The Bertz CT molecular complexity index is 647. The molecule has 2 fully saturated rings. The van der Waals surface area contributed by atoms with E-state index in [1.165, 1.54) is 12.8 Å². The number of piperazine rings is 1. The third-order valence-corrected chi connectivity index (χ3v) is 4.66. The second kappa shape index (κ2) is 5.89. The number of anilines is 1. The molecule has 0 amide bonds. The van der Waals surface area contributed by atoms with E-state index < -0.39 is 0 Å². The maximum Gasteiger partial charge on any atom is 0.229 e. The molecule has 0 unspecified atom stereocenters. The molecule has 6 heteroatoms. The van der Waals surface area contributed by atoms with Gasteiger partial charge < -0.3 is 9.42 Å². The van der Waals surface area contributed by atoms with E-state index in [4.69, 9.17) is 16.1 Å². The molecule has 116 valence electrons. The maximum atomic E-state index is 6.27. The van der Waals surface area contributed by atoms with Crippen LogP contribution in [0.15, 0.2) is 28.8 Å². The lowest BCUT2D eigenvalue weighted by molar-refractivity contribution is 0.240. The third-order valence-electron chi connectivity index (χ3n) is 4.34. The summed E-state index contributed by atoms with van der Waals surface area (Å²) >= 11 is 6.27. The van der Waals surface area contributed by atoms with Gasteiger partial charge in [0.25, 0.3) is 0 Å². The molecule has 4 rings (SSSR count). The van der Waals surface area contributed by atoms with Crippen molar-refractivity contribution < 1.29 is 4.52 Å². The molecule has 1 aliphatic heterocycles. The first-order valence-corrected chi connectivity index (χ1v) is 8.22. The van der Waals surface area contributed by atoms with Crippen molar-refractivity contribution in [2.75, 3.05) is 31.1 Å². The Morgan fingerprint density at radius 2 is 1.91 bits per heavy atom. The van der Waals surface area contributed by atoms with Gasteiger partial charge in [0.15, 0.2) is 5.82 Å². The summed E-state index contributed by atoms with van der Waals surface area (Å²) in [6.07, 6.45) is 2.39. The number of para-hydroxylation sites is 1. The molecule has 0 atom stereocenters. The fraction of sp³-hybridized carbons (Fsp3) is 0.500. The number of hydrogen-bond acceptors (Lipinski definition) is 5. The molecule has 22 heavy (non-hydrogen) atoms. The summed E-state index contributed by atoms with van der Waals surface area (Å²) in [6, 6.07) is 8.03. The van der Waals surface area contributed by atoms with Crippen molar-refractivity contribution in [2.24, 2.45) is 0 Å². The SMILES string of the molecule is Clc1ccccc1N1CCN(Cc2noc(C3CC3)n2)CC1. The fourth-order valence-electron chi connectivity index (χ4n) is 2.88. The van der Waals surface area contributed by atoms with Crippen molar-refractivity contribution in [3.8, 4) is 0 Å². The molecule has 5 nitrogen and oxygen atoms in total. The highest BCUT2D eigenvalue weighted by Gasteiger charge is 2.30. The molecule has 0 bridgehead atoms. The Labute approximate surface area is 134 Å². The lowest BCUT2D eigenvalue weighted by Crippen LogP contribution is -2.46. The first-order valence-electron chi connectivity index (χ1n) is 7.84. The minimum Gasteiger partial charge on any atom is -0.368 e. The van der Waals surface area contributed by atoms with Gasteiger partial charge in [0.2, 0.25) is 5.89 Å². The quantitative estimate of drug-likeness (QED) is 0.867. The number of nitrogens with zero attached hydrogens (tertiary/aromatic N) is 4. The van der Waals surface area contributed by atoms with Crippen LogP contribution >= 0.6 is 11.6 Å². The van der Waals surface area contributed by atoms with Crippen LogP contribution < -0.4 is 4.90 Å². The predicted molar refractivity (Wildman–Crippen MR) is 85.2 cm³/mol. The lowest BCUT2D eigenvalue weighted by Gasteiger charge is -2.35. The number of rotatable bonds is 4. The molecule has 1 saturated heterocycles. The molecule has 1 aromatic carbocycles. The molecule has 1 aliphatic carbocycles. The molecule has 2 heterocycles. The minimum atomic E-state index is 0.526. The van der Waals surface area contributed by atoms with Crippen LogP contribution in [0.2, 0.25) is 5.02 Å². The standard InChI is InChI=1S/C16H19ClN4O/c17-13-3-1-2-4-14(13)21-9-7-20(8-10-21)11-15-18-16(22-19-15)12-5-6-12/h1-4,12H,5-11H2. The van der Waals surface area contributed by atoms with Crippen molar-refractivity contribution in [3.63, 3.8) is 0 Å². The van der Waals surface area contributed by atoms with E-state index in [1.54, 1.807) is 0 Å². The van der Waals surface area contributed by atoms with Gasteiger partial charge in [-0.15, -0.1) is 0 Å². The minimum absolute atomic E-state index is 0.526. The van der Waals surface area contributed by atoms with Gasteiger partial charge in [-0.25, -0.2) is 0 Å². The molecule has 0 N–H and O–H groups in total. The van der Waals surface area contributed by atoms with E-state index in [1.807, 2.05) is 18.2 Å². The van der Waals surface area contributed by atoms with Crippen molar-refractivity contribution in [1.82, 2.24) is 15.0 Å². The van der Waals surface area contributed by atoms with Gasteiger partial charge in [0.05, 0.1) is 17.3 Å². The molecular weight excluding hydrogens is 300 g/mol. The van der Waals surface area contributed by atoms with Crippen LogP contribution in [0.3, 0.4) is 0 Å². The number of benzene rings is 1. The predicted octanol–water partition coefficient (Wildman–Crippen LogP) is 2.92.